The smallest absolute Gasteiger partial charge is 0.192 e. The highest BCUT2D eigenvalue weighted by Gasteiger charge is 2.37. The molecule has 0 saturated carbocycles. The van der Waals surface area contributed by atoms with Crippen LogP contribution in [0.4, 0.5) is 5.69 Å². The average Bonchev–Trinajstić information content (AvgIpc) is 2.14. The molecule has 2 nitrogen and oxygen atoms in total. The van der Waals surface area contributed by atoms with Gasteiger partial charge in [0.05, 0.1) is 6.61 Å². The van der Waals surface area contributed by atoms with Crippen LogP contribution in [0.2, 0.25) is 18.1 Å². The van der Waals surface area contributed by atoms with E-state index in [0.29, 0.717) is 6.61 Å². The summed E-state index contributed by atoms with van der Waals surface area (Å²) in [7, 11) is -1.66. The third-order valence-electron chi connectivity index (χ3n) is 3.76. The fraction of sp³-hybridized carbons (Fsp3) is 0.571. The second-order valence-corrected chi connectivity index (χ2v) is 11.0. The van der Waals surface area contributed by atoms with Crippen molar-refractivity contribution >= 4 is 14.0 Å². The van der Waals surface area contributed by atoms with Gasteiger partial charge in [-0.05, 0) is 48.3 Å². The van der Waals surface area contributed by atoms with Crippen LogP contribution >= 0.6 is 0 Å². The van der Waals surface area contributed by atoms with E-state index < -0.39 is 8.32 Å². The molecule has 0 amide bonds. The van der Waals surface area contributed by atoms with Gasteiger partial charge in [-0.2, -0.15) is 0 Å². The van der Waals surface area contributed by atoms with Crippen molar-refractivity contribution < 1.29 is 4.43 Å². The summed E-state index contributed by atoms with van der Waals surface area (Å²) in [6.07, 6.45) is 0. The average molecular weight is 251 g/mol. The molecule has 0 atom stereocenters. The first-order valence-electron chi connectivity index (χ1n) is 6.12. The van der Waals surface area contributed by atoms with Crippen molar-refractivity contribution in [2.75, 3.05) is 5.73 Å². The summed E-state index contributed by atoms with van der Waals surface area (Å²) in [6.45, 7) is 14.1. The zero-order chi connectivity index (χ0) is 13.3. The van der Waals surface area contributed by atoms with Gasteiger partial charge in [0.2, 0.25) is 0 Å². The molecule has 1 aromatic carbocycles. The Labute approximate surface area is 106 Å². The van der Waals surface area contributed by atoms with Crippen LogP contribution < -0.4 is 5.73 Å². The lowest BCUT2D eigenvalue weighted by atomic mass is 10.1. The molecule has 0 saturated heterocycles. The Morgan fingerprint density at radius 3 is 2.29 bits per heavy atom. The van der Waals surface area contributed by atoms with Gasteiger partial charge < -0.3 is 10.2 Å². The molecule has 0 aliphatic heterocycles. The van der Waals surface area contributed by atoms with E-state index in [-0.39, 0.29) is 5.04 Å². The van der Waals surface area contributed by atoms with Crippen molar-refractivity contribution in [2.24, 2.45) is 0 Å². The topological polar surface area (TPSA) is 35.2 Å². The summed E-state index contributed by atoms with van der Waals surface area (Å²) in [5.74, 6) is 0. The Morgan fingerprint density at radius 1 is 1.24 bits per heavy atom. The van der Waals surface area contributed by atoms with E-state index in [1.54, 1.807) is 0 Å². The van der Waals surface area contributed by atoms with Gasteiger partial charge in [-0.25, -0.2) is 0 Å². The molecule has 0 unspecified atom stereocenters. The summed E-state index contributed by atoms with van der Waals surface area (Å²) in [5.41, 5.74) is 9.02. The van der Waals surface area contributed by atoms with Crippen LogP contribution in [-0.2, 0) is 11.0 Å². The SMILES string of the molecule is Cc1cc(N)ccc1CO[Si](C)(C)C(C)(C)C. The highest BCUT2D eigenvalue weighted by Crippen LogP contribution is 2.37. The second-order valence-electron chi connectivity index (χ2n) is 6.23. The Hall–Kier alpha value is -0.803. The maximum Gasteiger partial charge on any atom is 0.192 e. The molecule has 0 spiro atoms. The lowest BCUT2D eigenvalue weighted by molar-refractivity contribution is 0.275. The minimum Gasteiger partial charge on any atom is -0.413 e. The van der Waals surface area contributed by atoms with E-state index >= 15 is 0 Å². The molecule has 0 heterocycles. The van der Waals surface area contributed by atoms with Crippen molar-refractivity contribution in [1.82, 2.24) is 0 Å². The molecule has 0 radical (unpaired) electrons. The summed E-state index contributed by atoms with van der Waals surface area (Å²) in [4.78, 5) is 0. The molecular formula is C14H25NOSi. The lowest BCUT2D eigenvalue weighted by Crippen LogP contribution is -2.40. The number of nitrogen functional groups attached to an aromatic ring is 1. The summed E-state index contributed by atoms with van der Waals surface area (Å²) < 4.78 is 6.20. The number of hydrogen-bond acceptors (Lipinski definition) is 2. The van der Waals surface area contributed by atoms with Crippen molar-refractivity contribution in [3.05, 3.63) is 29.3 Å². The van der Waals surface area contributed by atoms with Crippen LogP contribution in [0.5, 0.6) is 0 Å². The number of anilines is 1. The van der Waals surface area contributed by atoms with Crippen LogP contribution in [-0.4, -0.2) is 8.32 Å². The molecule has 0 bridgehead atoms. The molecule has 1 rings (SSSR count). The largest absolute Gasteiger partial charge is 0.413 e. The Bertz CT molecular complexity index is 394. The normalized spacial score (nSPS) is 12.8. The Morgan fingerprint density at radius 2 is 1.82 bits per heavy atom. The van der Waals surface area contributed by atoms with E-state index in [4.69, 9.17) is 10.2 Å². The summed E-state index contributed by atoms with van der Waals surface area (Å²) >= 11 is 0. The van der Waals surface area contributed by atoms with Gasteiger partial charge in [-0.1, -0.05) is 26.8 Å². The van der Waals surface area contributed by atoms with Crippen LogP contribution in [0.25, 0.3) is 0 Å². The molecule has 17 heavy (non-hydrogen) atoms. The first-order chi connectivity index (χ1) is 7.63. The van der Waals surface area contributed by atoms with Crippen LogP contribution in [0, 0.1) is 6.92 Å². The summed E-state index contributed by atoms with van der Waals surface area (Å²) in [5, 5.41) is 0.259. The number of aryl methyl sites for hydroxylation is 1. The predicted octanol–water partition coefficient (Wildman–Crippen LogP) is 4.10. The van der Waals surface area contributed by atoms with Gasteiger partial charge in [0.1, 0.15) is 0 Å². The van der Waals surface area contributed by atoms with Gasteiger partial charge in [-0.3, -0.25) is 0 Å². The van der Waals surface area contributed by atoms with Crippen molar-refractivity contribution in [2.45, 2.75) is 52.4 Å². The number of nitrogens with two attached hydrogens (primary N) is 1. The zero-order valence-corrected chi connectivity index (χ0v) is 12.9. The van der Waals surface area contributed by atoms with Gasteiger partial charge in [0.15, 0.2) is 8.32 Å². The van der Waals surface area contributed by atoms with E-state index in [9.17, 15) is 0 Å². The molecule has 0 aliphatic carbocycles. The van der Waals surface area contributed by atoms with Crippen LogP contribution in [0.15, 0.2) is 18.2 Å². The fourth-order valence-corrected chi connectivity index (χ4v) is 2.31. The molecule has 3 heteroatoms. The van der Waals surface area contributed by atoms with Crippen molar-refractivity contribution in [1.29, 1.82) is 0 Å². The van der Waals surface area contributed by atoms with Crippen LogP contribution in [0.1, 0.15) is 31.9 Å². The van der Waals surface area contributed by atoms with E-state index in [1.807, 2.05) is 12.1 Å². The van der Waals surface area contributed by atoms with Gasteiger partial charge in [0.25, 0.3) is 0 Å². The Kier molecular flexibility index (Phi) is 4.05. The predicted molar refractivity (Wildman–Crippen MR) is 77.6 cm³/mol. The number of rotatable bonds is 3. The third-order valence-corrected chi connectivity index (χ3v) is 8.24. The van der Waals surface area contributed by atoms with Crippen molar-refractivity contribution in [3.63, 3.8) is 0 Å². The van der Waals surface area contributed by atoms with Crippen molar-refractivity contribution in [3.8, 4) is 0 Å². The first kappa shape index (κ1) is 14.3. The second kappa shape index (κ2) is 4.82. The fourth-order valence-electron chi connectivity index (χ4n) is 1.36. The third kappa shape index (κ3) is 3.58. The van der Waals surface area contributed by atoms with E-state index in [0.717, 1.165) is 5.69 Å². The number of benzene rings is 1. The molecule has 0 aromatic heterocycles. The molecule has 0 aliphatic rings. The monoisotopic (exact) mass is 251 g/mol. The van der Waals surface area contributed by atoms with Crippen LogP contribution in [0.3, 0.4) is 0 Å². The zero-order valence-electron chi connectivity index (χ0n) is 11.9. The highest BCUT2D eigenvalue weighted by molar-refractivity contribution is 6.74. The quantitative estimate of drug-likeness (QED) is 0.648. The Balaban J connectivity index is 2.74. The standard InChI is InChI=1S/C14H25NOSi/c1-11-9-13(15)8-7-12(11)10-16-17(5,6)14(2,3)4/h7-9H,10,15H2,1-6H3. The molecular weight excluding hydrogens is 226 g/mol. The molecule has 1 aromatic rings. The summed E-state index contributed by atoms with van der Waals surface area (Å²) in [6, 6.07) is 6.01. The van der Waals surface area contributed by atoms with Gasteiger partial charge >= 0.3 is 0 Å². The number of hydrogen-bond donors (Lipinski definition) is 1. The van der Waals surface area contributed by atoms with E-state index in [1.165, 1.54) is 11.1 Å². The van der Waals surface area contributed by atoms with Gasteiger partial charge in [0, 0.05) is 5.69 Å². The molecule has 96 valence electrons. The minimum absolute atomic E-state index is 0.259. The first-order valence-corrected chi connectivity index (χ1v) is 9.03. The maximum absolute atomic E-state index is 6.20. The van der Waals surface area contributed by atoms with Gasteiger partial charge in [-0.15, -0.1) is 0 Å². The highest BCUT2D eigenvalue weighted by atomic mass is 28.4. The minimum atomic E-state index is -1.66. The molecule has 2 N–H and O–H groups in total. The lowest BCUT2D eigenvalue weighted by Gasteiger charge is -2.36. The maximum atomic E-state index is 6.20. The van der Waals surface area contributed by atoms with E-state index in [2.05, 4.69) is 46.9 Å². The molecule has 0 fully saturated rings.